The quantitative estimate of drug-likeness (QED) is 0.754. The van der Waals surface area contributed by atoms with Crippen molar-refractivity contribution < 1.29 is 9.47 Å². The minimum Gasteiger partial charge on any atom is -0.493 e. The van der Waals surface area contributed by atoms with Gasteiger partial charge >= 0.3 is 0 Å². The van der Waals surface area contributed by atoms with Gasteiger partial charge in [0.15, 0.2) is 11.5 Å². The third kappa shape index (κ3) is 4.07. The first-order valence-corrected chi connectivity index (χ1v) is 7.74. The predicted octanol–water partition coefficient (Wildman–Crippen LogP) is 4.66. The maximum atomic E-state index is 5.48. The van der Waals surface area contributed by atoms with Gasteiger partial charge in [0.25, 0.3) is 0 Å². The summed E-state index contributed by atoms with van der Waals surface area (Å²) in [5.41, 5.74) is 5.90. The van der Waals surface area contributed by atoms with E-state index in [9.17, 15) is 0 Å². The Bertz CT molecular complexity index is 692. The summed E-state index contributed by atoms with van der Waals surface area (Å²) in [5.74, 6) is 1.53. The van der Waals surface area contributed by atoms with E-state index in [0.717, 1.165) is 41.3 Å². The number of benzene rings is 2. The monoisotopic (exact) mass is 311 g/mol. The van der Waals surface area contributed by atoms with E-state index < -0.39 is 0 Å². The molecule has 2 aromatic rings. The van der Waals surface area contributed by atoms with Crippen LogP contribution in [0.5, 0.6) is 11.5 Å². The van der Waals surface area contributed by atoms with Crippen molar-refractivity contribution in [3.05, 3.63) is 65.2 Å². The Hall–Kier alpha value is -2.42. The third-order valence-corrected chi connectivity index (χ3v) is 3.84. The zero-order valence-electron chi connectivity index (χ0n) is 14.4. The number of ether oxygens (including phenoxy) is 2. The molecule has 0 aromatic heterocycles. The SMILES string of the molecule is C=CCc1cc(CNc2ccc(C)cc2C)cc(OC)c1OC. The summed E-state index contributed by atoms with van der Waals surface area (Å²) in [4.78, 5) is 0. The topological polar surface area (TPSA) is 30.5 Å². The van der Waals surface area contributed by atoms with Crippen LogP contribution in [0.1, 0.15) is 22.3 Å². The van der Waals surface area contributed by atoms with Gasteiger partial charge in [-0.25, -0.2) is 0 Å². The molecule has 0 saturated heterocycles. The highest BCUT2D eigenvalue weighted by Gasteiger charge is 2.11. The fraction of sp³-hybridized carbons (Fsp3) is 0.300. The van der Waals surface area contributed by atoms with E-state index in [1.807, 2.05) is 12.1 Å². The molecule has 0 bridgehead atoms. The molecule has 0 heterocycles. The second kappa shape index (κ2) is 7.73. The largest absolute Gasteiger partial charge is 0.493 e. The van der Waals surface area contributed by atoms with Gasteiger partial charge in [0, 0.05) is 17.8 Å². The molecule has 0 radical (unpaired) electrons. The number of allylic oxidation sites excluding steroid dienone is 1. The predicted molar refractivity (Wildman–Crippen MR) is 96.7 cm³/mol. The van der Waals surface area contributed by atoms with Crippen LogP contribution in [0.3, 0.4) is 0 Å². The molecule has 23 heavy (non-hydrogen) atoms. The van der Waals surface area contributed by atoms with Gasteiger partial charge in [0.2, 0.25) is 0 Å². The fourth-order valence-electron chi connectivity index (χ4n) is 2.72. The third-order valence-electron chi connectivity index (χ3n) is 3.84. The van der Waals surface area contributed by atoms with Gasteiger partial charge in [0.05, 0.1) is 14.2 Å². The second-order valence-corrected chi connectivity index (χ2v) is 5.66. The Morgan fingerprint density at radius 1 is 1.09 bits per heavy atom. The first-order valence-electron chi connectivity index (χ1n) is 7.74. The van der Waals surface area contributed by atoms with Crippen molar-refractivity contribution in [1.29, 1.82) is 0 Å². The van der Waals surface area contributed by atoms with E-state index in [2.05, 4.69) is 50.0 Å². The van der Waals surface area contributed by atoms with Crippen molar-refractivity contribution in [2.24, 2.45) is 0 Å². The molecule has 0 amide bonds. The zero-order valence-corrected chi connectivity index (χ0v) is 14.4. The Kier molecular flexibility index (Phi) is 5.69. The minimum atomic E-state index is 0.731. The number of hydrogen-bond donors (Lipinski definition) is 1. The number of rotatable bonds is 7. The lowest BCUT2D eigenvalue weighted by atomic mass is 10.0. The molecule has 1 N–H and O–H groups in total. The highest BCUT2D eigenvalue weighted by molar-refractivity contribution is 5.54. The van der Waals surface area contributed by atoms with Gasteiger partial charge < -0.3 is 14.8 Å². The molecule has 3 nitrogen and oxygen atoms in total. The maximum Gasteiger partial charge on any atom is 0.164 e. The molecule has 3 heteroatoms. The fourth-order valence-corrected chi connectivity index (χ4v) is 2.72. The van der Waals surface area contributed by atoms with Crippen LogP contribution in [0.15, 0.2) is 43.0 Å². The van der Waals surface area contributed by atoms with Gasteiger partial charge in [-0.1, -0.05) is 23.8 Å². The molecule has 0 atom stereocenters. The molecule has 2 rings (SSSR count). The summed E-state index contributed by atoms with van der Waals surface area (Å²) >= 11 is 0. The van der Waals surface area contributed by atoms with Gasteiger partial charge in [-0.15, -0.1) is 6.58 Å². The van der Waals surface area contributed by atoms with Crippen LogP contribution in [0.25, 0.3) is 0 Å². The van der Waals surface area contributed by atoms with Crippen LogP contribution in [0.4, 0.5) is 5.69 Å². The van der Waals surface area contributed by atoms with Gasteiger partial charge in [-0.05, 0) is 49.6 Å². The number of methoxy groups -OCH3 is 2. The summed E-state index contributed by atoms with van der Waals surface area (Å²) < 4.78 is 10.9. The van der Waals surface area contributed by atoms with Crippen molar-refractivity contribution in [3.8, 4) is 11.5 Å². The van der Waals surface area contributed by atoms with Crippen LogP contribution < -0.4 is 14.8 Å². The van der Waals surface area contributed by atoms with E-state index in [0.29, 0.717) is 0 Å². The lowest BCUT2D eigenvalue weighted by Gasteiger charge is -2.16. The summed E-state index contributed by atoms with van der Waals surface area (Å²) in [6, 6.07) is 10.6. The van der Waals surface area contributed by atoms with Crippen LogP contribution in [0.2, 0.25) is 0 Å². The maximum absolute atomic E-state index is 5.48. The first kappa shape index (κ1) is 16.9. The lowest BCUT2D eigenvalue weighted by molar-refractivity contribution is 0.352. The van der Waals surface area contributed by atoms with Gasteiger partial charge in [-0.2, -0.15) is 0 Å². The Balaban J connectivity index is 2.25. The molecule has 2 aromatic carbocycles. The number of aryl methyl sites for hydroxylation is 2. The summed E-state index contributed by atoms with van der Waals surface area (Å²) in [7, 11) is 3.33. The minimum absolute atomic E-state index is 0.731. The number of anilines is 1. The average Bonchev–Trinajstić information content (AvgIpc) is 2.53. The van der Waals surface area contributed by atoms with Crippen LogP contribution in [-0.4, -0.2) is 14.2 Å². The van der Waals surface area contributed by atoms with Crippen molar-refractivity contribution in [3.63, 3.8) is 0 Å². The summed E-state index contributed by atoms with van der Waals surface area (Å²) in [6.07, 6.45) is 2.62. The molecular weight excluding hydrogens is 286 g/mol. The Morgan fingerprint density at radius 2 is 1.87 bits per heavy atom. The van der Waals surface area contributed by atoms with Crippen molar-refractivity contribution in [1.82, 2.24) is 0 Å². The van der Waals surface area contributed by atoms with Crippen LogP contribution >= 0.6 is 0 Å². The lowest BCUT2D eigenvalue weighted by Crippen LogP contribution is -2.04. The molecule has 0 aliphatic rings. The van der Waals surface area contributed by atoms with E-state index in [1.54, 1.807) is 14.2 Å². The van der Waals surface area contributed by atoms with Gasteiger partial charge in [0.1, 0.15) is 0 Å². The molecule has 0 aliphatic carbocycles. The highest BCUT2D eigenvalue weighted by atomic mass is 16.5. The molecular formula is C20H25NO2. The molecule has 0 saturated carbocycles. The van der Waals surface area contributed by atoms with E-state index in [4.69, 9.17) is 9.47 Å². The Morgan fingerprint density at radius 3 is 2.48 bits per heavy atom. The van der Waals surface area contributed by atoms with Crippen LogP contribution in [0, 0.1) is 13.8 Å². The Labute approximate surface area is 138 Å². The summed E-state index contributed by atoms with van der Waals surface area (Å²) in [5, 5.41) is 3.49. The van der Waals surface area contributed by atoms with Crippen LogP contribution in [-0.2, 0) is 13.0 Å². The standard InChI is InChI=1S/C20H25NO2/c1-6-7-17-11-16(12-19(22-4)20(17)23-5)13-21-18-9-8-14(2)10-15(18)3/h6,8-12,21H,1,7,13H2,2-5H3. The van der Waals surface area contributed by atoms with Crippen molar-refractivity contribution in [2.75, 3.05) is 19.5 Å². The zero-order chi connectivity index (χ0) is 16.8. The van der Waals surface area contributed by atoms with E-state index in [-0.39, 0.29) is 0 Å². The average molecular weight is 311 g/mol. The summed E-state index contributed by atoms with van der Waals surface area (Å²) in [6.45, 7) is 8.77. The number of hydrogen-bond acceptors (Lipinski definition) is 3. The van der Waals surface area contributed by atoms with E-state index in [1.165, 1.54) is 11.1 Å². The smallest absolute Gasteiger partial charge is 0.164 e. The van der Waals surface area contributed by atoms with Gasteiger partial charge in [-0.3, -0.25) is 0 Å². The molecule has 0 aliphatic heterocycles. The molecule has 0 fully saturated rings. The van der Waals surface area contributed by atoms with E-state index >= 15 is 0 Å². The van der Waals surface area contributed by atoms with Crippen molar-refractivity contribution >= 4 is 5.69 Å². The second-order valence-electron chi connectivity index (χ2n) is 5.66. The number of nitrogens with one attached hydrogen (secondary N) is 1. The highest BCUT2D eigenvalue weighted by Crippen LogP contribution is 2.33. The first-order chi connectivity index (χ1) is 11.1. The molecule has 122 valence electrons. The normalized spacial score (nSPS) is 10.3. The van der Waals surface area contributed by atoms with Crippen molar-refractivity contribution in [2.45, 2.75) is 26.8 Å². The molecule has 0 unspecified atom stereocenters. The molecule has 0 spiro atoms.